The largest absolute Gasteiger partial charge is 0.471 e. The number of ether oxygens (including phenoxy) is 1. The van der Waals surface area contributed by atoms with E-state index in [-0.39, 0.29) is 18.4 Å². The lowest BCUT2D eigenvalue weighted by Crippen LogP contribution is -2.07. The normalized spacial score (nSPS) is 11.7. The standard InChI is InChI=1S/C21H16F3N9O2/c1-32-17(11-34-18-6-5-15(8-25-18)21(22,23)24)16(9-27-32)20-28-19(29-35-20)14-4-2-3-13(7-14)10-33-12-26-30-31-33/h2-9,12H,10-11H2,1H3. The molecule has 0 bridgehead atoms. The third kappa shape index (κ3) is 4.85. The number of tetrazole rings is 1. The molecule has 0 aliphatic heterocycles. The molecule has 0 atom stereocenters. The number of pyridine rings is 1. The van der Waals surface area contributed by atoms with Crippen LogP contribution in [0.4, 0.5) is 13.2 Å². The second kappa shape index (κ2) is 8.96. The molecule has 4 heterocycles. The molecule has 4 aromatic heterocycles. The summed E-state index contributed by atoms with van der Waals surface area (Å²) in [5.74, 6) is 0.632. The maximum Gasteiger partial charge on any atom is 0.417 e. The molecule has 0 fully saturated rings. The lowest BCUT2D eigenvalue weighted by atomic mass is 10.1. The molecule has 0 N–H and O–H groups in total. The molecule has 14 heteroatoms. The van der Waals surface area contributed by atoms with E-state index in [0.717, 1.165) is 29.5 Å². The smallest absolute Gasteiger partial charge is 0.417 e. The minimum atomic E-state index is -4.47. The van der Waals surface area contributed by atoms with Crippen molar-refractivity contribution in [2.75, 3.05) is 0 Å². The predicted octanol–water partition coefficient (Wildman–Crippen LogP) is 3.16. The Morgan fingerprint density at radius 1 is 1.11 bits per heavy atom. The van der Waals surface area contributed by atoms with Crippen molar-refractivity contribution in [2.45, 2.75) is 19.3 Å². The molecule has 35 heavy (non-hydrogen) atoms. The number of halogens is 3. The minimum Gasteiger partial charge on any atom is -0.471 e. The molecule has 0 aliphatic rings. The summed E-state index contributed by atoms with van der Waals surface area (Å²) in [5.41, 5.74) is 1.94. The molecule has 5 rings (SSSR count). The number of nitrogens with zero attached hydrogens (tertiary/aromatic N) is 9. The van der Waals surface area contributed by atoms with Crippen LogP contribution in [0.3, 0.4) is 0 Å². The second-order valence-electron chi connectivity index (χ2n) is 7.43. The molecule has 0 aliphatic carbocycles. The average molecular weight is 483 g/mol. The number of rotatable bonds is 7. The van der Waals surface area contributed by atoms with Crippen LogP contribution in [0.5, 0.6) is 5.88 Å². The number of hydrogen-bond donors (Lipinski definition) is 0. The van der Waals surface area contributed by atoms with Crippen molar-refractivity contribution in [2.24, 2.45) is 7.05 Å². The van der Waals surface area contributed by atoms with E-state index in [0.29, 0.717) is 23.6 Å². The van der Waals surface area contributed by atoms with Gasteiger partial charge in [0.2, 0.25) is 11.7 Å². The van der Waals surface area contributed by atoms with Crippen molar-refractivity contribution in [1.29, 1.82) is 0 Å². The quantitative estimate of drug-likeness (QED) is 0.343. The molecule has 0 radical (unpaired) electrons. The van der Waals surface area contributed by atoms with Crippen molar-refractivity contribution < 1.29 is 22.4 Å². The summed E-state index contributed by atoms with van der Waals surface area (Å²) in [6.45, 7) is 0.455. The minimum absolute atomic E-state index is 0.0245. The van der Waals surface area contributed by atoms with Crippen LogP contribution < -0.4 is 4.74 Å². The first-order valence-corrected chi connectivity index (χ1v) is 10.2. The summed E-state index contributed by atoms with van der Waals surface area (Å²) in [6.07, 6.45) is -0.684. The number of aryl methyl sites for hydroxylation is 1. The lowest BCUT2D eigenvalue weighted by molar-refractivity contribution is -0.137. The third-order valence-corrected chi connectivity index (χ3v) is 5.06. The molecular formula is C21H16F3N9O2. The highest BCUT2D eigenvalue weighted by molar-refractivity contribution is 5.61. The Hall–Kier alpha value is -4.62. The van der Waals surface area contributed by atoms with Gasteiger partial charge in [-0.05, 0) is 28.1 Å². The molecule has 5 aromatic rings. The van der Waals surface area contributed by atoms with Gasteiger partial charge in [-0.2, -0.15) is 23.3 Å². The maximum absolute atomic E-state index is 12.7. The van der Waals surface area contributed by atoms with Gasteiger partial charge in [0.1, 0.15) is 12.9 Å². The molecule has 178 valence electrons. The van der Waals surface area contributed by atoms with Gasteiger partial charge in [0.25, 0.3) is 5.89 Å². The van der Waals surface area contributed by atoms with E-state index in [1.807, 2.05) is 24.3 Å². The fourth-order valence-corrected chi connectivity index (χ4v) is 3.29. The summed E-state index contributed by atoms with van der Waals surface area (Å²) in [6, 6.07) is 9.61. The highest BCUT2D eigenvalue weighted by Crippen LogP contribution is 2.30. The van der Waals surface area contributed by atoms with Crippen LogP contribution in [0.15, 0.2) is 59.6 Å². The molecule has 0 unspecified atom stereocenters. The number of hydrogen-bond acceptors (Lipinski definition) is 9. The number of aromatic nitrogens is 9. The predicted molar refractivity (Wildman–Crippen MR) is 112 cm³/mol. The van der Waals surface area contributed by atoms with Crippen LogP contribution in [0, 0.1) is 0 Å². The van der Waals surface area contributed by atoms with E-state index in [9.17, 15) is 13.2 Å². The van der Waals surface area contributed by atoms with E-state index < -0.39 is 11.7 Å². The van der Waals surface area contributed by atoms with Crippen molar-refractivity contribution in [3.8, 4) is 28.7 Å². The van der Waals surface area contributed by atoms with E-state index in [1.165, 1.54) is 6.33 Å². The van der Waals surface area contributed by atoms with Crippen LogP contribution >= 0.6 is 0 Å². The van der Waals surface area contributed by atoms with Gasteiger partial charge >= 0.3 is 6.18 Å². The second-order valence-corrected chi connectivity index (χ2v) is 7.43. The maximum atomic E-state index is 12.7. The first-order chi connectivity index (χ1) is 16.9. The van der Waals surface area contributed by atoms with Gasteiger partial charge in [0.15, 0.2) is 0 Å². The van der Waals surface area contributed by atoms with E-state index in [4.69, 9.17) is 9.26 Å². The molecule has 0 amide bonds. The van der Waals surface area contributed by atoms with Gasteiger partial charge in [-0.25, -0.2) is 9.67 Å². The molecule has 0 spiro atoms. The molecular weight excluding hydrogens is 467 g/mol. The van der Waals surface area contributed by atoms with E-state index in [1.54, 1.807) is 22.6 Å². The zero-order valence-corrected chi connectivity index (χ0v) is 18.1. The zero-order valence-electron chi connectivity index (χ0n) is 18.1. The number of alkyl halides is 3. The fraction of sp³-hybridized carbons (Fsp3) is 0.190. The third-order valence-electron chi connectivity index (χ3n) is 5.06. The van der Waals surface area contributed by atoms with Gasteiger partial charge in [0, 0.05) is 24.9 Å². The van der Waals surface area contributed by atoms with Crippen molar-refractivity contribution in [3.05, 3.63) is 71.9 Å². The summed E-state index contributed by atoms with van der Waals surface area (Å²) in [4.78, 5) is 8.20. The van der Waals surface area contributed by atoms with E-state index >= 15 is 0 Å². The SMILES string of the molecule is Cn1ncc(-c2nc(-c3cccc(Cn4cnnn4)c3)no2)c1COc1ccc(C(F)(F)F)cn1. The summed E-state index contributed by atoms with van der Waals surface area (Å²) >= 11 is 0. The fourth-order valence-electron chi connectivity index (χ4n) is 3.29. The van der Waals surface area contributed by atoms with Crippen molar-refractivity contribution in [1.82, 2.24) is 45.1 Å². The zero-order chi connectivity index (χ0) is 24.4. The Kier molecular flexibility index (Phi) is 5.68. The Morgan fingerprint density at radius 2 is 2.00 bits per heavy atom. The number of benzene rings is 1. The van der Waals surface area contributed by atoms with Gasteiger partial charge < -0.3 is 9.26 Å². The van der Waals surface area contributed by atoms with Crippen LogP contribution in [0.2, 0.25) is 0 Å². The van der Waals surface area contributed by atoms with Crippen LogP contribution in [-0.2, 0) is 26.4 Å². The molecule has 0 saturated heterocycles. The molecule has 1 aromatic carbocycles. The Bertz CT molecular complexity index is 1430. The average Bonchev–Trinajstić information content (AvgIpc) is 3.59. The monoisotopic (exact) mass is 483 g/mol. The molecule has 11 nitrogen and oxygen atoms in total. The van der Waals surface area contributed by atoms with Crippen molar-refractivity contribution in [3.63, 3.8) is 0 Å². The van der Waals surface area contributed by atoms with Crippen molar-refractivity contribution >= 4 is 0 Å². The van der Waals surface area contributed by atoms with Crippen LogP contribution in [0.1, 0.15) is 16.8 Å². The van der Waals surface area contributed by atoms with Gasteiger partial charge in [0.05, 0.1) is 29.6 Å². The highest BCUT2D eigenvalue weighted by atomic mass is 19.4. The van der Waals surface area contributed by atoms with Gasteiger partial charge in [-0.1, -0.05) is 23.4 Å². The Morgan fingerprint density at radius 3 is 2.74 bits per heavy atom. The van der Waals surface area contributed by atoms with Gasteiger partial charge in [-0.3, -0.25) is 4.68 Å². The Balaban J connectivity index is 1.33. The van der Waals surface area contributed by atoms with Gasteiger partial charge in [-0.15, -0.1) is 5.10 Å². The summed E-state index contributed by atoms with van der Waals surface area (Å²) in [7, 11) is 1.70. The first-order valence-electron chi connectivity index (χ1n) is 10.2. The summed E-state index contributed by atoms with van der Waals surface area (Å²) in [5, 5.41) is 19.4. The van der Waals surface area contributed by atoms with E-state index in [2.05, 4.69) is 35.7 Å². The van der Waals surface area contributed by atoms with Crippen LogP contribution in [0.25, 0.3) is 22.8 Å². The topological polar surface area (TPSA) is 122 Å². The van der Waals surface area contributed by atoms with Crippen LogP contribution in [-0.4, -0.2) is 45.1 Å². The molecule has 0 saturated carbocycles. The lowest BCUT2D eigenvalue weighted by Gasteiger charge is -2.09. The Labute approximate surface area is 195 Å². The summed E-state index contributed by atoms with van der Waals surface area (Å²) < 4.78 is 52.4. The first kappa shape index (κ1) is 22.2. The highest BCUT2D eigenvalue weighted by Gasteiger charge is 2.30.